The Balaban J connectivity index is 1.46. The molecule has 5 rings (SSSR count). The molecule has 1 aliphatic heterocycles. The Morgan fingerprint density at radius 3 is 2.36 bits per heavy atom. The molecule has 1 saturated heterocycles. The Morgan fingerprint density at radius 1 is 0.909 bits per heavy atom. The van der Waals surface area contributed by atoms with E-state index in [1.165, 1.54) is 15.7 Å². The van der Waals surface area contributed by atoms with Crippen LogP contribution in [-0.4, -0.2) is 50.2 Å². The monoisotopic (exact) mass is 444 g/mol. The van der Waals surface area contributed by atoms with Gasteiger partial charge in [-0.25, -0.2) is 4.79 Å². The van der Waals surface area contributed by atoms with E-state index in [-0.39, 0.29) is 0 Å². The minimum absolute atomic E-state index is 0.402. The van der Waals surface area contributed by atoms with Crippen molar-refractivity contribution in [3.8, 4) is 0 Å². The fourth-order valence-electron chi connectivity index (χ4n) is 4.55. The van der Waals surface area contributed by atoms with Crippen LogP contribution >= 0.6 is 0 Å². The summed E-state index contributed by atoms with van der Waals surface area (Å²) in [5, 5.41) is 0. The standard InChI is InChI=1S/C25H28N6O2/c1-18-7-6-10-20(15-18)16-29-11-13-30(14-12-29)24-26-22-21(23(32)27-25(33)28(22)2)31(24)17-19-8-4-3-5-9-19/h3-10,15H,11-14,16-17H2,1-2H3,(H,27,32,33). The number of hydrogen-bond donors (Lipinski definition) is 1. The van der Waals surface area contributed by atoms with Gasteiger partial charge >= 0.3 is 5.69 Å². The molecule has 3 heterocycles. The summed E-state index contributed by atoms with van der Waals surface area (Å²) >= 11 is 0. The van der Waals surface area contributed by atoms with Gasteiger partial charge in [0.15, 0.2) is 11.2 Å². The first-order chi connectivity index (χ1) is 16.0. The van der Waals surface area contributed by atoms with Gasteiger partial charge in [-0.1, -0.05) is 60.2 Å². The number of nitrogens with zero attached hydrogens (tertiary/aromatic N) is 5. The first-order valence-corrected chi connectivity index (χ1v) is 11.3. The van der Waals surface area contributed by atoms with Crippen molar-refractivity contribution in [1.82, 2.24) is 24.0 Å². The maximum absolute atomic E-state index is 12.8. The molecule has 0 aliphatic carbocycles. The summed E-state index contributed by atoms with van der Waals surface area (Å²) < 4.78 is 3.36. The minimum atomic E-state index is -0.452. The van der Waals surface area contributed by atoms with Crippen LogP contribution in [0.2, 0.25) is 0 Å². The predicted octanol–water partition coefficient (Wildman–Crippen LogP) is 2.10. The van der Waals surface area contributed by atoms with Crippen molar-refractivity contribution >= 4 is 17.1 Å². The van der Waals surface area contributed by atoms with E-state index in [9.17, 15) is 9.59 Å². The van der Waals surface area contributed by atoms with E-state index >= 15 is 0 Å². The second-order valence-corrected chi connectivity index (χ2v) is 8.73. The smallest absolute Gasteiger partial charge is 0.329 e. The Morgan fingerprint density at radius 2 is 1.64 bits per heavy atom. The average molecular weight is 445 g/mol. The third kappa shape index (κ3) is 4.21. The molecule has 0 amide bonds. The van der Waals surface area contributed by atoms with Crippen molar-refractivity contribution < 1.29 is 0 Å². The number of anilines is 1. The van der Waals surface area contributed by atoms with Gasteiger partial charge in [0.1, 0.15) is 0 Å². The van der Waals surface area contributed by atoms with Crippen LogP contribution < -0.4 is 16.1 Å². The number of rotatable bonds is 5. The summed E-state index contributed by atoms with van der Waals surface area (Å²) in [4.78, 5) is 36.9. The van der Waals surface area contributed by atoms with Crippen LogP contribution in [0.15, 0.2) is 64.2 Å². The molecule has 8 nitrogen and oxygen atoms in total. The number of piperazine rings is 1. The number of imidazole rings is 1. The molecule has 1 aliphatic rings. The van der Waals surface area contributed by atoms with Crippen molar-refractivity contribution in [3.63, 3.8) is 0 Å². The first-order valence-electron chi connectivity index (χ1n) is 11.3. The van der Waals surface area contributed by atoms with E-state index in [0.29, 0.717) is 17.7 Å². The Bertz CT molecular complexity index is 1390. The molecule has 0 saturated carbocycles. The third-order valence-corrected chi connectivity index (χ3v) is 6.31. The zero-order valence-corrected chi connectivity index (χ0v) is 19.0. The molecule has 0 atom stereocenters. The molecule has 1 fully saturated rings. The summed E-state index contributed by atoms with van der Waals surface area (Å²) in [5.41, 5.74) is 3.66. The molecule has 170 valence electrons. The summed E-state index contributed by atoms with van der Waals surface area (Å²) in [6.45, 7) is 6.95. The molecule has 2 aromatic heterocycles. The van der Waals surface area contributed by atoms with E-state index < -0.39 is 11.2 Å². The van der Waals surface area contributed by atoms with Gasteiger partial charge in [0.25, 0.3) is 5.56 Å². The van der Waals surface area contributed by atoms with Crippen molar-refractivity contribution in [1.29, 1.82) is 0 Å². The van der Waals surface area contributed by atoms with Gasteiger partial charge < -0.3 is 4.90 Å². The quantitative estimate of drug-likeness (QED) is 0.510. The summed E-state index contributed by atoms with van der Waals surface area (Å²) in [7, 11) is 1.64. The van der Waals surface area contributed by atoms with Crippen LogP contribution in [0.3, 0.4) is 0 Å². The van der Waals surface area contributed by atoms with Crippen LogP contribution in [0.5, 0.6) is 0 Å². The van der Waals surface area contributed by atoms with Crippen LogP contribution in [0.25, 0.3) is 11.2 Å². The van der Waals surface area contributed by atoms with E-state index in [4.69, 9.17) is 4.98 Å². The zero-order valence-electron chi connectivity index (χ0n) is 19.0. The van der Waals surface area contributed by atoms with Gasteiger partial charge in [-0.3, -0.25) is 23.8 Å². The molecule has 4 aromatic rings. The van der Waals surface area contributed by atoms with Crippen LogP contribution in [0, 0.1) is 6.92 Å². The molecule has 0 unspecified atom stereocenters. The van der Waals surface area contributed by atoms with E-state index in [2.05, 4.69) is 46.0 Å². The molecule has 0 radical (unpaired) electrons. The number of aryl methyl sites for hydroxylation is 2. The second kappa shape index (κ2) is 8.71. The summed E-state index contributed by atoms with van der Waals surface area (Å²) in [5.74, 6) is 0.732. The number of H-pyrrole nitrogens is 1. The Kier molecular flexibility index (Phi) is 5.60. The molecule has 1 N–H and O–H groups in total. The van der Waals surface area contributed by atoms with E-state index in [0.717, 1.165) is 44.2 Å². The van der Waals surface area contributed by atoms with Crippen LogP contribution in [0.1, 0.15) is 16.7 Å². The molecule has 2 aromatic carbocycles. The van der Waals surface area contributed by atoms with Gasteiger partial charge in [-0.05, 0) is 18.1 Å². The highest BCUT2D eigenvalue weighted by Gasteiger charge is 2.25. The lowest BCUT2D eigenvalue weighted by molar-refractivity contribution is 0.248. The van der Waals surface area contributed by atoms with Gasteiger partial charge in [0.05, 0.1) is 6.54 Å². The molecule has 8 heteroatoms. The lowest BCUT2D eigenvalue weighted by Crippen LogP contribution is -2.47. The highest BCUT2D eigenvalue weighted by atomic mass is 16.2. The maximum atomic E-state index is 12.8. The molecule has 0 spiro atoms. The lowest BCUT2D eigenvalue weighted by Gasteiger charge is -2.35. The SMILES string of the molecule is Cc1cccc(CN2CCN(c3nc4c(c(=O)[nH]c(=O)n4C)n3Cc3ccccc3)CC2)c1. The minimum Gasteiger partial charge on any atom is -0.340 e. The number of fused-ring (bicyclic) bond motifs is 1. The fourth-order valence-corrected chi connectivity index (χ4v) is 4.55. The van der Waals surface area contributed by atoms with Crippen molar-refractivity contribution in [2.75, 3.05) is 31.1 Å². The van der Waals surface area contributed by atoms with E-state index in [1.54, 1.807) is 7.05 Å². The average Bonchev–Trinajstić information content (AvgIpc) is 3.19. The third-order valence-electron chi connectivity index (χ3n) is 6.31. The van der Waals surface area contributed by atoms with Gasteiger partial charge in [-0.15, -0.1) is 0 Å². The highest BCUT2D eigenvalue weighted by molar-refractivity contribution is 5.74. The van der Waals surface area contributed by atoms with Crippen LogP contribution in [-0.2, 0) is 20.1 Å². The Hall–Kier alpha value is -3.65. The number of hydrogen-bond acceptors (Lipinski definition) is 5. The highest BCUT2D eigenvalue weighted by Crippen LogP contribution is 2.23. The van der Waals surface area contributed by atoms with Crippen molar-refractivity contribution in [3.05, 3.63) is 92.1 Å². The summed E-state index contributed by atoms with van der Waals surface area (Å²) in [6, 6.07) is 18.6. The second-order valence-electron chi connectivity index (χ2n) is 8.73. The predicted molar refractivity (Wildman–Crippen MR) is 130 cm³/mol. The Labute approximate surface area is 191 Å². The number of aromatic amines is 1. The van der Waals surface area contributed by atoms with Crippen molar-refractivity contribution in [2.45, 2.75) is 20.0 Å². The number of nitrogens with one attached hydrogen (secondary N) is 1. The molecular formula is C25H28N6O2. The zero-order chi connectivity index (χ0) is 22.9. The molecule has 0 bridgehead atoms. The summed E-state index contributed by atoms with van der Waals surface area (Å²) in [6.07, 6.45) is 0. The van der Waals surface area contributed by atoms with Gasteiger partial charge in [0.2, 0.25) is 5.95 Å². The van der Waals surface area contributed by atoms with Crippen LogP contribution in [0.4, 0.5) is 5.95 Å². The first kappa shape index (κ1) is 21.2. The topological polar surface area (TPSA) is 79.2 Å². The normalized spacial score (nSPS) is 14.8. The van der Waals surface area contributed by atoms with Gasteiger partial charge in [-0.2, -0.15) is 4.98 Å². The molecule has 33 heavy (non-hydrogen) atoms. The van der Waals surface area contributed by atoms with Gasteiger partial charge in [0, 0.05) is 39.8 Å². The number of aromatic nitrogens is 4. The number of benzene rings is 2. The largest absolute Gasteiger partial charge is 0.340 e. The van der Waals surface area contributed by atoms with E-state index in [1.807, 2.05) is 34.9 Å². The fraction of sp³-hybridized carbons (Fsp3) is 0.320. The maximum Gasteiger partial charge on any atom is 0.329 e. The lowest BCUT2D eigenvalue weighted by atomic mass is 10.1. The van der Waals surface area contributed by atoms with Crippen molar-refractivity contribution in [2.24, 2.45) is 7.05 Å². The molecular weight excluding hydrogens is 416 g/mol.